The number of rotatable bonds is 3. The molecule has 1 amide bonds. The number of phenols is 1. The van der Waals surface area contributed by atoms with Gasteiger partial charge < -0.3 is 20.3 Å². The average Bonchev–Trinajstić information content (AvgIpc) is 2.60. The van der Waals surface area contributed by atoms with E-state index in [1.165, 1.54) is 0 Å². The number of carbonyl (C=O) groups excluding carboxylic acids is 1. The highest BCUT2D eigenvalue weighted by Crippen LogP contribution is 2.29. The van der Waals surface area contributed by atoms with Crippen molar-refractivity contribution >= 4 is 21.8 Å². The minimum Gasteiger partial charge on any atom is -0.506 e. The molecule has 1 aromatic carbocycles. The Labute approximate surface area is 149 Å². The smallest absolute Gasteiger partial charge is 0.255 e. The van der Waals surface area contributed by atoms with Crippen molar-refractivity contribution in [1.29, 1.82) is 0 Å². The zero-order chi connectivity index (χ0) is 17.1. The van der Waals surface area contributed by atoms with Crippen LogP contribution < -0.4 is 5.32 Å². The van der Waals surface area contributed by atoms with Crippen LogP contribution in [0.5, 0.6) is 5.75 Å². The van der Waals surface area contributed by atoms with Crippen LogP contribution in [0.15, 0.2) is 22.7 Å². The van der Waals surface area contributed by atoms with E-state index in [2.05, 4.69) is 26.1 Å². The standard InChI is InChI=1S/C17H23BrN2O4/c18-12-4-1-3-11(15(12)21)17(23)19-13-5-2-6-14(16(13)22)20-7-9-24-10-8-20/h1,3-4,13-14,16,21-22H,2,5-10H2,(H,19,23)/t13-,14-,16-/m1/s1. The molecule has 0 unspecified atom stereocenters. The van der Waals surface area contributed by atoms with Crippen molar-refractivity contribution in [1.82, 2.24) is 10.2 Å². The van der Waals surface area contributed by atoms with Crippen molar-refractivity contribution in [3.8, 4) is 5.75 Å². The molecule has 0 aromatic heterocycles. The first-order valence-electron chi connectivity index (χ1n) is 8.36. The van der Waals surface area contributed by atoms with Crippen LogP contribution in [-0.2, 0) is 4.74 Å². The molecule has 6 nitrogen and oxygen atoms in total. The van der Waals surface area contributed by atoms with Gasteiger partial charge in [0.1, 0.15) is 5.75 Å². The first-order chi connectivity index (χ1) is 11.6. The molecule has 3 N–H and O–H groups in total. The number of carbonyl (C=O) groups is 1. The highest BCUT2D eigenvalue weighted by atomic mass is 79.9. The zero-order valence-corrected chi connectivity index (χ0v) is 15.0. The Balaban J connectivity index is 1.67. The van der Waals surface area contributed by atoms with Crippen molar-refractivity contribution in [2.75, 3.05) is 26.3 Å². The molecule has 2 aliphatic rings. The Bertz CT molecular complexity index is 592. The van der Waals surface area contributed by atoms with Crippen LogP contribution in [0.3, 0.4) is 0 Å². The lowest BCUT2D eigenvalue weighted by Gasteiger charge is -2.43. The van der Waals surface area contributed by atoms with E-state index in [4.69, 9.17) is 4.74 Å². The van der Waals surface area contributed by atoms with Gasteiger partial charge in [0.05, 0.1) is 35.4 Å². The summed E-state index contributed by atoms with van der Waals surface area (Å²) in [6.45, 7) is 3.00. The van der Waals surface area contributed by atoms with Gasteiger partial charge in [-0.1, -0.05) is 6.07 Å². The number of nitrogens with one attached hydrogen (secondary N) is 1. The number of aliphatic hydroxyl groups excluding tert-OH is 1. The fourth-order valence-corrected chi connectivity index (χ4v) is 3.93. The zero-order valence-electron chi connectivity index (χ0n) is 13.4. The van der Waals surface area contributed by atoms with E-state index >= 15 is 0 Å². The number of hydrogen-bond donors (Lipinski definition) is 3. The molecule has 3 rings (SSSR count). The van der Waals surface area contributed by atoms with Gasteiger partial charge in [-0.05, 0) is 47.3 Å². The number of aliphatic hydroxyl groups is 1. The van der Waals surface area contributed by atoms with Crippen molar-refractivity contribution < 1.29 is 19.7 Å². The second-order valence-electron chi connectivity index (χ2n) is 6.35. The van der Waals surface area contributed by atoms with E-state index in [-0.39, 0.29) is 29.3 Å². The molecule has 2 fully saturated rings. The van der Waals surface area contributed by atoms with E-state index in [0.29, 0.717) is 17.7 Å². The Hall–Kier alpha value is -1.15. The van der Waals surface area contributed by atoms with E-state index in [0.717, 1.165) is 32.4 Å². The summed E-state index contributed by atoms with van der Waals surface area (Å²) in [7, 11) is 0. The maximum Gasteiger partial charge on any atom is 0.255 e. The number of ether oxygens (including phenoxy) is 1. The molecule has 132 valence electrons. The predicted octanol–water partition coefficient (Wildman–Crippen LogP) is 1.50. The van der Waals surface area contributed by atoms with E-state index < -0.39 is 6.10 Å². The molecular formula is C17H23BrN2O4. The van der Waals surface area contributed by atoms with Crippen LogP contribution in [0.2, 0.25) is 0 Å². The summed E-state index contributed by atoms with van der Waals surface area (Å²) in [6.07, 6.45) is 2.00. The van der Waals surface area contributed by atoms with Crippen LogP contribution in [0.4, 0.5) is 0 Å². The second kappa shape index (κ2) is 7.82. The van der Waals surface area contributed by atoms with Crippen LogP contribution in [0.25, 0.3) is 0 Å². The summed E-state index contributed by atoms with van der Waals surface area (Å²) >= 11 is 3.22. The number of nitrogens with zero attached hydrogens (tertiary/aromatic N) is 1. The minimum absolute atomic E-state index is 0.0454. The first-order valence-corrected chi connectivity index (χ1v) is 9.15. The third-order valence-electron chi connectivity index (χ3n) is 4.88. The highest BCUT2D eigenvalue weighted by Gasteiger charge is 2.37. The van der Waals surface area contributed by atoms with Gasteiger partial charge >= 0.3 is 0 Å². The lowest BCUT2D eigenvalue weighted by Crippen LogP contribution is -2.58. The van der Waals surface area contributed by atoms with Crippen molar-refractivity contribution in [3.05, 3.63) is 28.2 Å². The quantitative estimate of drug-likeness (QED) is 0.718. The summed E-state index contributed by atoms with van der Waals surface area (Å²) in [6, 6.07) is 4.69. The molecule has 1 aromatic rings. The van der Waals surface area contributed by atoms with Crippen molar-refractivity contribution in [2.24, 2.45) is 0 Å². The van der Waals surface area contributed by atoms with Crippen LogP contribution in [0.1, 0.15) is 29.6 Å². The van der Waals surface area contributed by atoms with E-state index in [9.17, 15) is 15.0 Å². The fourth-order valence-electron chi connectivity index (χ4n) is 3.57. The van der Waals surface area contributed by atoms with Gasteiger partial charge in [-0.2, -0.15) is 0 Å². The van der Waals surface area contributed by atoms with Gasteiger partial charge in [-0.15, -0.1) is 0 Å². The van der Waals surface area contributed by atoms with Crippen LogP contribution >= 0.6 is 15.9 Å². The number of halogens is 1. The fraction of sp³-hybridized carbons (Fsp3) is 0.588. The number of aromatic hydroxyl groups is 1. The predicted molar refractivity (Wildman–Crippen MR) is 93.1 cm³/mol. The molecule has 0 radical (unpaired) electrons. The lowest BCUT2D eigenvalue weighted by atomic mass is 9.86. The van der Waals surface area contributed by atoms with Gasteiger partial charge in [0.15, 0.2) is 0 Å². The van der Waals surface area contributed by atoms with Crippen LogP contribution in [-0.4, -0.2) is 65.5 Å². The number of amides is 1. The molecule has 1 aliphatic heterocycles. The summed E-state index contributed by atoms with van der Waals surface area (Å²) in [5, 5.41) is 23.7. The number of morpholine rings is 1. The number of hydrogen-bond acceptors (Lipinski definition) is 5. The Kier molecular flexibility index (Phi) is 5.76. The topological polar surface area (TPSA) is 82.0 Å². The maximum atomic E-state index is 12.5. The summed E-state index contributed by atoms with van der Waals surface area (Å²) in [4.78, 5) is 14.7. The molecule has 1 saturated carbocycles. The molecule has 3 atom stereocenters. The highest BCUT2D eigenvalue weighted by molar-refractivity contribution is 9.10. The average molecular weight is 399 g/mol. The SMILES string of the molecule is O=C(N[C@@H]1CCC[C@@H](N2CCOCC2)[C@@H]1O)c1cccc(Br)c1O. The summed E-state index contributed by atoms with van der Waals surface area (Å²) < 4.78 is 5.85. The molecule has 1 aliphatic carbocycles. The molecule has 0 bridgehead atoms. The largest absolute Gasteiger partial charge is 0.506 e. The normalized spacial score (nSPS) is 28.5. The van der Waals surface area contributed by atoms with Gasteiger partial charge in [0, 0.05) is 19.1 Å². The van der Waals surface area contributed by atoms with Crippen molar-refractivity contribution in [3.63, 3.8) is 0 Å². The Morgan fingerprint density at radius 3 is 2.79 bits per heavy atom. The third-order valence-corrected chi connectivity index (χ3v) is 5.52. The van der Waals surface area contributed by atoms with Crippen LogP contribution in [0, 0.1) is 0 Å². The first kappa shape index (κ1) is 17.7. The molecule has 24 heavy (non-hydrogen) atoms. The van der Waals surface area contributed by atoms with E-state index in [1.807, 2.05) is 0 Å². The third kappa shape index (κ3) is 3.74. The lowest BCUT2D eigenvalue weighted by molar-refractivity contribution is -0.0459. The molecule has 7 heteroatoms. The summed E-state index contributed by atoms with van der Waals surface area (Å²) in [5.41, 5.74) is 0.213. The molecular weight excluding hydrogens is 376 g/mol. The number of para-hydroxylation sites is 1. The molecule has 1 heterocycles. The monoisotopic (exact) mass is 398 g/mol. The van der Waals surface area contributed by atoms with Crippen molar-refractivity contribution in [2.45, 2.75) is 37.5 Å². The van der Waals surface area contributed by atoms with E-state index in [1.54, 1.807) is 18.2 Å². The van der Waals surface area contributed by atoms with Gasteiger partial charge in [-0.3, -0.25) is 9.69 Å². The van der Waals surface area contributed by atoms with Gasteiger partial charge in [0.2, 0.25) is 0 Å². The summed E-state index contributed by atoms with van der Waals surface area (Å²) in [5.74, 6) is -0.439. The Morgan fingerprint density at radius 1 is 1.29 bits per heavy atom. The number of phenolic OH excluding ortho intramolecular Hbond substituents is 1. The Morgan fingerprint density at radius 2 is 2.04 bits per heavy atom. The van der Waals surface area contributed by atoms with Gasteiger partial charge in [-0.25, -0.2) is 0 Å². The maximum absolute atomic E-state index is 12.5. The van der Waals surface area contributed by atoms with Gasteiger partial charge in [0.25, 0.3) is 5.91 Å². The number of benzene rings is 1. The molecule has 0 spiro atoms. The molecule has 1 saturated heterocycles. The minimum atomic E-state index is -0.616. The second-order valence-corrected chi connectivity index (χ2v) is 7.21.